The molecule has 0 bridgehead atoms. The molecule has 1 aromatic heterocycles. The molecule has 4 rings (SSSR count). The maximum Gasteiger partial charge on any atom is 0.330 e. The van der Waals surface area contributed by atoms with Crippen molar-refractivity contribution in [1.29, 1.82) is 0 Å². The number of benzene rings is 3. The lowest BCUT2D eigenvalue weighted by molar-refractivity contribution is 0.186. The monoisotopic (exact) mass is 430 g/mol. The fourth-order valence-electron chi connectivity index (χ4n) is 3.94. The molecule has 0 aliphatic rings. The minimum absolute atomic E-state index is 0.131. The van der Waals surface area contributed by atoms with Crippen molar-refractivity contribution >= 4 is 22.3 Å². The number of fused-ring (bicyclic) bond motifs is 1. The van der Waals surface area contributed by atoms with E-state index in [0.717, 1.165) is 21.9 Å². The number of nitrogens with two attached hydrogens (primary N) is 1. The fourth-order valence-corrected chi connectivity index (χ4v) is 3.94. The van der Waals surface area contributed by atoms with E-state index < -0.39 is 11.2 Å². The van der Waals surface area contributed by atoms with Crippen LogP contribution in [0.1, 0.15) is 11.1 Å². The number of anilines is 2. The van der Waals surface area contributed by atoms with Crippen LogP contribution in [0, 0.1) is 0 Å². The van der Waals surface area contributed by atoms with Gasteiger partial charge >= 0.3 is 5.69 Å². The second-order valence-electron chi connectivity index (χ2n) is 7.62. The van der Waals surface area contributed by atoms with E-state index in [1.807, 2.05) is 59.5 Å². The van der Waals surface area contributed by atoms with Crippen LogP contribution < -0.4 is 21.9 Å². The van der Waals surface area contributed by atoms with Crippen molar-refractivity contribution in [3.05, 3.63) is 105 Å². The number of hydrogen-bond donors (Lipinski definition) is 2. The summed E-state index contributed by atoms with van der Waals surface area (Å²) >= 11 is 0. The molecule has 3 N–H and O–H groups in total. The van der Waals surface area contributed by atoms with Crippen LogP contribution in [-0.2, 0) is 24.4 Å². The highest BCUT2D eigenvalue weighted by Crippen LogP contribution is 2.25. The fraction of sp³-hybridized carbons (Fsp3) is 0.200. The number of nitrogens with zero attached hydrogens (tertiary/aromatic N) is 2. The maximum atomic E-state index is 13.0. The van der Waals surface area contributed by atoms with Gasteiger partial charge in [0.2, 0.25) is 0 Å². The van der Waals surface area contributed by atoms with Gasteiger partial charge in [-0.1, -0.05) is 72.8 Å². The van der Waals surface area contributed by atoms with Crippen LogP contribution in [0.3, 0.4) is 0 Å². The summed E-state index contributed by atoms with van der Waals surface area (Å²) in [6.45, 7) is 1.46. The predicted molar refractivity (Wildman–Crippen MR) is 128 cm³/mol. The number of ether oxygens (including phenoxy) is 1. The molecule has 7 nitrogen and oxygen atoms in total. The number of rotatable bonds is 8. The first kappa shape index (κ1) is 21.4. The first-order valence-corrected chi connectivity index (χ1v) is 10.5. The largest absolute Gasteiger partial charge is 0.383 e. The summed E-state index contributed by atoms with van der Waals surface area (Å²) in [6, 6.07) is 24.1. The quantitative estimate of drug-likeness (QED) is 0.448. The summed E-state index contributed by atoms with van der Waals surface area (Å²) < 4.78 is 6.45. The zero-order valence-corrected chi connectivity index (χ0v) is 18.0. The van der Waals surface area contributed by atoms with Gasteiger partial charge in [-0.3, -0.25) is 14.3 Å². The van der Waals surface area contributed by atoms with Gasteiger partial charge < -0.3 is 15.4 Å². The Balaban J connectivity index is 1.83. The molecule has 0 aliphatic heterocycles. The van der Waals surface area contributed by atoms with Gasteiger partial charge in [0.25, 0.3) is 5.56 Å². The molecule has 4 aromatic rings. The van der Waals surface area contributed by atoms with E-state index >= 15 is 0 Å². The normalized spacial score (nSPS) is 11.0. The first-order chi connectivity index (χ1) is 15.6. The number of nitrogen functional groups attached to an aromatic ring is 1. The summed E-state index contributed by atoms with van der Waals surface area (Å²) in [5.41, 5.74) is 7.71. The zero-order valence-electron chi connectivity index (χ0n) is 18.0. The van der Waals surface area contributed by atoms with Crippen LogP contribution in [0.5, 0.6) is 0 Å². The van der Waals surface area contributed by atoms with Crippen LogP contribution in [0.2, 0.25) is 0 Å². The lowest BCUT2D eigenvalue weighted by atomic mass is 10.0. The van der Waals surface area contributed by atoms with Gasteiger partial charge in [-0.05, 0) is 21.9 Å². The van der Waals surface area contributed by atoms with Gasteiger partial charge in [0.05, 0.1) is 13.2 Å². The second kappa shape index (κ2) is 9.53. The van der Waals surface area contributed by atoms with Crippen molar-refractivity contribution < 1.29 is 4.74 Å². The molecule has 0 saturated carbocycles. The van der Waals surface area contributed by atoms with Crippen LogP contribution in [0.15, 0.2) is 82.4 Å². The van der Waals surface area contributed by atoms with Crippen LogP contribution in [0.4, 0.5) is 11.5 Å². The Bertz CT molecular complexity index is 1320. The Hall–Kier alpha value is -3.84. The molecule has 1 heterocycles. The third-order valence-electron chi connectivity index (χ3n) is 5.51. The van der Waals surface area contributed by atoms with Gasteiger partial charge in [-0.15, -0.1) is 0 Å². The minimum atomic E-state index is -0.543. The Kier molecular flexibility index (Phi) is 6.37. The van der Waals surface area contributed by atoms with E-state index in [9.17, 15) is 9.59 Å². The molecule has 0 atom stereocenters. The van der Waals surface area contributed by atoms with Gasteiger partial charge in [0.15, 0.2) is 0 Å². The smallest absolute Gasteiger partial charge is 0.330 e. The average molecular weight is 431 g/mol. The minimum Gasteiger partial charge on any atom is -0.383 e. The Labute approximate surface area is 185 Å². The van der Waals surface area contributed by atoms with Crippen molar-refractivity contribution in [1.82, 2.24) is 9.55 Å². The van der Waals surface area contributed by atoms with Crippen molar-refractivity contribution in [2.45, 2.75) is 19.6 Å². The molecular formula is C25H26N4O3. The van der Waals surface area contributed by atoms with E-state index in [1.165, 1.54) is 4.57 Å². The van der Waals surface area contributed by atoms with Crippen molar-refractivity contribution in [2.75, 3.05) is 24.4 Å². The Morgan fingerprint density at radius 1 is 0.938 bits per heavy atom. The van der Waals surface area contributed by atoms with Crippen LogP contribution in [0.25, 0.3) is 10.8 Å². The summed E-state index contributed by atoms with van der Waals surface area (Å²) in [7, 11) is 1.55. The standard InChI is InChI=1S/C25H26N4O3/c1-32-15-14-29-23(26)22(24(30)27-25(29)31)28(16-18-8-3-2-4-9-18)17-20-12-7-11-19-10-5-6-13-21(19)20/h2-13H,14-17,26H2,1H3,(H,27,30,31). The lowest BCUT2D eigenvalue weighted by Gasteiger charge is -2.27. The van der Waals surface area contributed by atoms with Crippen molar-refractivity contribution in [3.8, 4) is 0 Å². The number of hydrogen-bond acceptors (Lipinski definition) is 5. The SMILES string of the molecule is COCCn1c(N)c(N(Cc2ccccc2)Cc2cccc3ccccc23)c(=O)[nH]c1=O. The van der Waals surface area contributed by atoms with E-state index in [1.54, 1.807) is 7.11 Å². The number of methoxy groups -OCH3 is 1. The molecule has 0 unspecified atom stereocenters. The van der Waals surface area contributed by atoms with Crippen molar-refractivity contribution in [2.24, 2.45) is 0 Å². The van der Waals surface area contributed by atoms with Gasteiger partial charge in [-0.2, -0.15) is 0 Å². The zero-order chi connectivity index (χ0) is 22.5. The molecule has 3 aromatic carbocycles. The highest BCUT2D eigenvalue weighted by atomic mass is 16.5. The molecule has 32 heavy (non-hydrogen) atoms. The van der Waals surface area contributed by atoms with Gasteiger partial charge in [-0.25, -0.2) is 4.79 Å². The van der Waals surface area contributed by atoms with Gasteiger partial charge in [0.1, 0.15) is 11.5 Å². The molecule has 164 valence electrons. The Morgan fingerprint density at radius 3 is 2.44 bits per heavy atom. The summed E-state index contributed by atoms with van der Waals surface area (Å²) in [4.78, 5) is 29.7. The predicted octanol–water partition coefficient (Wildman–Crippen LogP) is 3.13. The lowest BCUT2D eigenvalue weighted by Crippen LogP contribution is -2.38. The number of aromatic amines is 1. The third kappa shape index (κ3) is 4.43. The molecule has 0 radical (unpaired) electrons. The van der Waals surface area contributed by atoms with E-state index in [0.29, 0.717) is 19.7 Å². The van der Waals surface area contributed by atoms with E-state index in [-0.39, 0.29) is 18.1 Å². The maximum absolute atomic E-state index is 13.0. The number of aromatic nitrogens is 2. The van der Waals surface area contributed by atoms with Gasteiger partial charge in [0, 0.05) is 20.2 Å². The molecular weight excluding hydrogens is 404 g/mol. The summed E-state index contributed by atoms with van der Waals surface area (Å²) in [5, 5.41) is 2.23. The Morgan fingerprint density at radius 2 is 1.66 bits per heavy atom. The second-order valence-corrected chi connectivity index (χ2v) is 7.62. The highest BCUT2D eigenvalue weighted by molar-refractivity contribution is 5.86. The van der Waals surface area contributed by atoms with E-state index in [4.69, 9.17) is 10.5 Å². The molecule has 0 spiro atoms. The summed E-state index contributed by atoms with van der Waals surface area (Å²) in [6.07, 6.45) is 0. The van der Waals surface area contributed by atoms with E-state index in [2.05, 4.69) is 23.2 Å². The first-order valence-electron chi connectivity index (χ1n) is 10.5. The molecule has 0 fully saturated rings. The topological polar surface area (TPSA) is 93.3 Å². The number of H-pyrrole nitrogens is 1. The molecule has 0 saturated heterocycles. The highest BCUT2D eigenvalue weighted by Gasteiger charge is 2.20. The molecule has 0 amide bonds. The van der Waals surface area contributed by atoms with Crippen LogP contribution >= 0.6 is 0 Å². The van der Waals surface area contributed by atoms with Crippen LogP contribution in [-0.4, -0.2) is 23.3 Å². The third-order valence-corrected chi connectivity index (χ3v) is 5.51. The average Bonchev–Trinajstić information content (AvgIpc) is 2.79. The summed E-state index contributed by atoms with van der Waals surface area (Å²) in [5.74, 6) is 0.131. The number of nitrogens with one attached hydrogen (secondary N) is 1. The molecule has 7 heteroatoms. The van der Waals surface area contributed by atoms with Crippen molar-refractivity contribution in [3.63, 3.8) is 0 Å². The molecule has 0 aliphatic carbocycles.